The van der Waals surface area contributed by atoms with E-state index in [1.807, 2.05) is 35.1 Å². The van der Waals surface area contributed by atoms with E-state index in [1.165, 1.54) is 0 Å². The molecule has 0 aliphatic carbocycles. The van der Waals surface area contributed by atoms with Crippen LogP contribution in [-0.4, -0.2) is 47.8 Å². The summed E-state index contributed by atoms with van der Waals surface area (Å²) in [6.45, 7) is 2.24. The van der Waals surface area contributed by atoms with Crippen molar-refractivity contribution in [1.82, 2.24) is 15.1 Å². The second-order valence-corrected chi connectivity index (χ2v) is 4.62. The molecule has 2 aromatic rings. The van der Waals surface area contributed by atoms with Crippen LogP contribution in [0.1, 0.15) is 0 Å². The second kappa shape index (κ2) is 8.28. The Morgan fingerprint density at radius 2 is 2.19 bits per heavy atom. The summed E-state index contributed by atoms with van der Waals surface area (Å²) in [6.07, 6.45) is 3.09. The maximum atomic E-state index is 9.85. The van der Waals surface area contributed by atoms with Gasteiger partial charge in [-0.2, -0.15) is 5.10 Å². The van der Waals surface area contributed by atoms with Crippen molar-refractivity contribution < 1.29 is 14.6 Å². The molecule has 0 aliphatic heterocycles. The van der Waals surface area contributed by atoms with E-state index in [0.717, 1.165) is 18.8 Å². The molecule has 21 heavy (non-hydrogen) atoms. The van der Waals surface area contributed by atoms with E-state index in [1.54, 1.807) is 19.4 Å². The average Bonchev–Trinajstić information content (AvgIpc) is 3.03. The van der Waals surface area contributed by atoms with Gasteiger partial charge in [-0.15, -0.1) is 0 Å². The summed E-state index contributed by atoms with van der Waals surface area (Å²) in [6, 6.07) is 9.21. The number of aliphatic hydroxyl groups is 1. The summed E-state index contributed by atoms with van der Waals surface area (Å²) < 4.78 is 12.5. The molecule has 114 valence electrons. The Balaban J connectivity index is 1.61. The lowest BCUT2D eigenvalue weighted by atomic mass is 10.3. The predicted molar refractivity (Wildman–Crippen MR) is 79.6 cm³/mol. The maximum Gasteiger partial charge on any atom is 0.123 e. The number of hydrogen-bond acceptors (Lipinski definition) is 5. The third-order valence-electron chi connectivity index (χ3n) is 2.94. The smallest absolute Gasteiger partial charge is 0.123 e. The first-order chi connectivity index (χ1) is 10.3. The van der Waals surface area contributed by atoms with E-state index in [-0.39, 0.29) is 6.61 Å². The SMILES string of the molecule is COc1cccc(OCC(O)CNCCn2cccn2)c1. The highest BCUT2D eigenvalue weighted by atomic mass is 16.5. The number of nitrogens with zero attached hydrogens (tertiary/aromatic N) is 2. The molecule has 0 amide bonds. The molecule has 1 atom stereocenters. The molecule has 1 aromatic carbocycles. The Hall–Kier alpha value is -2.05. The van der Waals surface area contributed by atoms with Crippen LogP contribution in [0.5, 0.6) is 11.5 Å². The molecule has 0 aliphatic rings. The fraction of sp³-hybridized carbons (Fsp3) is 0.400. The predicted octanol–water partition coefficient (Wildman–Crippen LogP) is 0.921. The van der Waals surface area contributed by atoms with Crippen LogP contribution >= 0.6 is 0 Å². The zero-order valence-electron chi connectivity index (χ0n) is 12.1. The first-order valence-corrected chi connectivity index (χ1v) is 6.91. The van der Waals surface area contributed by atoms with Crippen molar-refractivity contribution in [3.63, 3.8) is 0 Å². The van der Waals surface area contributed by atoms with Gasteiger partial charge in [0.2, 0.25) is 0 Å². The third kappa shape index (κ3) is 5.45. The van der Waals surface area contributed by atoms with Crippen LogP contribution in [0.4, 0.5) is 0 Å². The highest BCUT2D eigenvalue weighted by Gasteiger charge is 2.05. The van der Waals surface area contributed by atoms with Gasteiger partial charge in [0.25, 0.3) is 0 Å². The van der Waals surface area contributed by atoms with Crippen molar-refractivity contribution in [3.05, 3.63) is 42.7 Å². The summed E-state index contributed by atoms with van der Waals surface area (Å²) in [5, 5.41) is 17.1. The monoisotopic (exact) mass is 291 g/mol. The molecule has 1 heterocycles. The van der Waals surface area contributed by atoms with Crippen LogP contribution in [0.2, 0.25) is 0 Å². The molecule has 0 saturated heterocycles. The van der Waals surface area contributed by atoms with E-state index in [9.17, 15) is 5.11 Å². The number of aromatic nitrogens is 2. The normalized spacial score (nSPS) is 12.1. The van der Waals surface area contributed by atoms with Gasteiger partial charge in [-0.05, 0) is 18.2 Å². The first-order valence-electron chi connectivity index (χ1n) is 6.91. The number of rotatable bonds is 9. The van der Waals surface area contributed by atoms with Gasteiger partial charge < -0.3 is 19.9 Å². The number of aliphatic hydroxyl groups excluding tert-OH is 1. The molecule has 0 spiro atoms. The van der Waals surface area contributed by atoms with Crippen LogP contribution in [-0.2, 0) is 6.54 Å². The Morgan fingerprint density at radius 1 is 1.33 bits per heavy atom. The van der Waals surface area contributed by atoms with E-state index in [4.69, 9.17) is 9.47 Å². The fourth-order valence-electron chi connectivity index (χ4n) is 1.84. The molecular weight excluding hydrogens is 270 g/mol. The number of hydrogen-bond donors (Lipinski definition) is 2. The van der Waals surface area contributed by atoms with Crippen molar-refractivity contribution in [2.24, 2.45) is 0 Å². The minimum absolute atomic E-state index is 0.238. The van der Waals surface area contributed by atoms with Crippen molar-refractivity contribution in [1.29, 1.82) is 0 Å². The zero-order chi connectivity index (χ0) is 14.9. The average molecular weight is 291 g/mol. The van der Waals surface area contributed by atoms with Gasteiger partial charge in [-0.1, -0.05) is 6.07 Å². The maximum absolute atomic E-state index is 9.85. The summed E-state index contributed by atoms with van der Waals surface area (Å²) in [5.74, 6) is 1.42. The van der Waals surface area contributed by atoms with Crippen LogP contribution in [0.3, 0.4) is 0 Å². The summed E-state index contributed by atoms with van der Waals surface area (Å²) in [5.41, 5.74) is 0. The topological polar surface area (TPSA) is 68.5 Å². The van der Waals surface area contributed by atoms with E-state index in [0.29, 0.717) is 12.3 Å². The largest absolute Gasteiger partial charge is 0.497 e. The summed E-state index contributed by atoms with van der Waals surface area (Å²) in [7, 11) is 1.61. The van der Waals surface area contributed by atoms with Gasteiger partial charge in [0.1, 0.15) is 24.2 Å². The lowest BCUT2D eigenvalue weighted by Gasteiger charge is -2.13. The minimum atomic E-state index is -0.561. The van der Waals surface area contributed by atoms with Crippen molar-refractivity contribution in [3.8, 4) is 11.5 Å². The molecule has 2 rings (SSSR count). The summed E-state index contributed by atoms with van der Waals surface area (Å²) in [4.78, 5) is 0. The highest BCUT2D eigenvalue weighted by Crippen LogP contribution is 2.18. The number of benzene rings is 1. The van der Waals surface area contributed by atoms with Gasteiger partial charge in [-0.3, -0.25) is 4.68 Å². The summed E-state index contributed by atoms with van der Waals surface area (Å²) >= 11 is 0. The van der Waals surface area contributed by atoms with E-state index < -0.39 is 6.10 Å². The van der Waals surface area contributed by atoms with E-state index in [2.05, 4.69) is 10.4 Å². The molecule has 6 heteroatoms. The van der Waals surface area contributed by atoms with Crippen LogP contribution in [0, 0.1) is 0 Å². The van der Waals surface area contributed by atoms with Crippen molar-refractivity contribution in [2.75, 3.05) is 26.8 Å². The number of nitrogens with one attached hydrogen (secondary N) is 1. The Labute approximate surface area is 124 Å². The molecule has 0 saturated carbocycles. The molecule has 0 radical (unpaired) electrons. The molecule has 1 aromatic heterocycles. The lowest BCUT2D eigenvalue weighted by molar-refractivity contribution is 0.106. The Kier molecular flexibility index (Phi) is 6.05. The zero-order valence-corrected chi connectivity index (χ0v) is 12.1. The standard InChI is InChI=1S/C15H21N3O3/c1-20-14-4-2-5-15(10-14)21-12-13(19)11-16-7-9-18-8-3-6-17-18/h2-6,8,10,13,16,19H,7,9,11-12H2,1H3. The second-order valence-electron chi connectivity index (χ2n) is 4.62. The van der Waals surface area contributed by atoms with Crippen LogP contribution < -0.4 is 14.8 Å². The molecule has 0 bridgehead atoms. The minimum Gasteiger partial charge on any atom is -0.497 e. The van der Waals surface area contributed by atoms with Gasteiger partial charge in [0.05, 0.1) is 13.7 Å². The van der Waals surface area contributed by atoms with Gasteiger partial charge in [0, 0.05) is 31.5 Å². The van der Waals surface area contributed by atoms with Crippen molar-refractivity contribution in [2.45, 2.75) is 12.6 Å². The third-order valence-corrected chi connectivity index (χ3v) is 2.94. The molecule has 2 N–H and O–H groups in total. The fourth-order valence-corrected chi connectivity index (χ4v) is 1.84. The molecule has 1 unspecified atom stereocenters. The van der Waals surface area contributed by atoms with Crippen LogP contribution in [0.15, 0.2) is 42.7 Å². The first kappa shape index (κ1) is 15.3. The lowest BCUT2D eigenvalue weighted by Crippen LogP contribution is -2.33. The number of ether oxygens (including phenoxy) is 2. The molecule has 6 nitrogen and oxygen atoms in total. The molecule has 0 fully saturated rings. The van der Waals surface area contributed by atoms with Gasteiger partial charge in [0.15, 0.2) is 0 Å². The van der Waals surface area contributed by atoms with Gasteiger partial charge in [-0.25, -0.2) is 0 Å². The van der Waals surface area contributed by atoms with E-state index >= 15 is 0 Å². The quantitative estimate of drug-likeness (QED) is 0.673. The van der Waals surface area contributed by atoms with Crippen LogP contribution in [0.25, 0.3) is 0 Å². The Morgan fingerprint density at radius 3 is 2.95 bits per heavy atom. The number of methoxy groups -OCH3 is 1. The molecular formula is C15H21N3O3. The van der Waals surface area contributed by atoms with Gasteiger partial charge >= 0.3 is 0 Å². The Bertz CT molecular complexity index is 517. The highest BCUT2D eigenvalue weighted by molar-refractivity contribution is 5.32. The van der Waals surface area contributed by atoms with Crippen molar-refractivity contribution >= 4 is 0 Å².